The smallest absolute Gasteiger partial charge is 0.323 e. The van der Waals surface area contributed by atoms with Gasteiger partial charge in [-0.25, -0.2) is 4.39 Å². The summed E-state index contributed by atoms with van der Waals surface area (Å²) in [6.45, 7) is 2.89. The van der Waals surface area contributed by atoms with Crippen LogP contribution in [-0.4, -0.2) is 23.7 Å². The van der Waals surface area contributed by atoms with Crippen molar-refractivity contribution in [1.29, 1.82) is 0 Å². The molecule has 1 aromatic carbocycles. The Morgan fingerprint density at radius 2 is 2.11 bits per heavy atom. The van der Waals surface area contributed by atoms with Gasteiger partial charge in [0, 0.05) is 10.9 Å². The van der Waals surface area contributed by atoms with E-state index in [0.29, 0.717) is 4.47 Å². The van der Waals surface area contributed by atoms with Gasteiger partial charge >= 0.3 is 11.9 Å². The van der Waals surface area contributed by atoms with Crippen molar-refractivity contribution < 1.29 is 23.8 Å². The maximum Gasteiger partial charge on any atom is 0.323 e. The molecule has 19 heavy (non-hydrogen) atoms. The first-order valence-corrected chi connectivity index (χ1v) is 6.45. The summed E-state index contributed by atoms with van der Waals surface area (Å²) in [5.41, 5.74) is -1.65. The molecule has 1 aromatic rings. The largest absolute Gasteiger partial charge is 0.480 e. The topological polar surface area (TPSA) is 63.6 Å². The van der Waals surface area contributed by atoms with Gasteiger partial charge in [-0.15, -0.1) is 0 Å². The molecule has 0 radical (unpaired) electrons. The van der Waals surface area contributed by atoms with E-state index in [1.807, 2.05) is 0 Å². The summed E-state index contributed by atoms with van der Waals surface area (Å²) < 4.78 is 19.0. The molecule has 1 atom stereocenters. The molecule has 1 N–H and O–H groups in total. The second-order valence-corrected chi connectivity index (χ2v) is 5.19. The molecule has 4 nitrogen and oxygen atoms in total. The Kier molecular flexibility index (Phi) is 5.05. The van der Waals surface area contributed by atoms with Gasteiger partial charge in [-0.05, 0) is 31.5 Å². The molecule has 0 aliphatic carbocycles. The van der Waals surface area contributed by atoms with Crippen molar-refractivity contribution in [2.24, 2.45) is 5.41 Å². The lowest BCUT2D eigenvalue weighted by molar-refractivity contribution is -0.167. The molecule has 104 valence electrons. The quantitative estimate of drug-likeness (QED) is 0.665. The van der Waals surface area contributed by atoms with Crippen molar-refractivity contribution in [1.82, 2.24) is 0 Å². The number of halogens is 2. The average Bonchev–Trinajstić information content (AvgIpc) is 2.32. The molecule has 0 aromatic heterocycles. The number of ether oxygens (including phenoxy) is 1. The van der Waals surface area contributed by atoms with Gasteiger partial charge in [-0.2, -0.15) is 0 Å². The standard InChI is InChI=1S/C13H14BrFO4/c1-3-19-12(18)13(2,11(16)17)7-8-4-5-9(14)6-10(8)15/h4-6H,3,7H2,1-2H3,(H,16,17). The minimum Gasteiger partial charge on any atom is -0.480 e. The molecule has 0 aliphatic heterocycles. The van der Waals surface area contributed by atoms with Crippen LogP contribution in [0.5, 0.6) is 0 Å². The van der Waals surface area contributed by atoms with Crippen LogP contribution in [0.4, 0.5) is 4.39 Å². The zero-order valence-electron chi connectivity index (χ0n) is 10.6. The maximum absolute atomic E-state index is 13.7. The van der Waals surface area contributed by atoms with E-state index in [1.54, 1.807) is 13.0 Å². The van der Waals surface area contributed by atoms with Crippen molar-refractivity contribution in [3.05, 3.63) is 34.1 Å². The summed E-state index contributed by atoms with van der Waals surface area (Å²) in [4.78, 5) is 23.0. The minimum absolute atomic E-state index is 0.0739. The van der Waals surface area contributed by atoms with E-state index < -0.39 is 23.2 Å². The molecule has 6 heteroatoms. The second-order valence-electron chi connectivity index (χ2n) is 4.27. The Bertz CT molecular complexity index is 503. The number of carboxylic acids is 1. The van der Waals surface area contributed by atoms with Crippen LogP contribution in [0.25, 0.3) is 0 Å². The normalized spacial score (nSPS) is 13.7. The Morgan fingerprint density at radius 3 is 2.58 bits per heavy atom. The van der Waals surface area contributed by atoms with E-state index in [2.05, 4.69) is 15.9 Å². The van der Waals surface area contributed by atoms with Crippen molar-refractivity contribution in [2.75, 3.05) is 6.61 Å². The molecule has 1 unspecified atom stereocenters. The lowest BCUT2D eigenvalue weighted by atomic mass is 9.83. The van der Waals surface area contributed by atoms with Crippen molar-refractivity contribution in [2.45, 2.75) is 20.3 Å². The highest BCUT2D eigenvalue weighted by molar-refractivity contribution is 9.10. The SMILES string of the molecule is CCOC(=O)C(C)(Cc1ccc(Br)cc1F)C(=O)O. The van der Waals surface area contributed by atoms with Crippen LogP contribution in [0.1, 0.15) is 19.4 Å². The minimum atomic E-state index is -1.80. The van der Waals surface area contributed by atoms with Gasteiger partial charge in [0.05, 0.1) is 6.61 Å². The Balaban J connectivity index is 3.08. The molecule has 0 amide bonds. The molecule has 0 spiro atoms. The number of rotatable bonds is 5. The number of hydrogen-bond donors (Lipinski definition) is 1. The number of carbonyl (C=O) groups excluding carboxylic acids is 1. The molecule has 0 bridgehead atoms. The highest BCUT2D eigenvalue weighted by Gasteiger charge is 2.43. The summed E-state index contributed by atoms with van der Waals surface area (Å²) in [6.07, 6.45) is -0.264. The van der Waals surface area contributed by atoms with Crippen LogP contribution in [0.3, 0.4) is 0 Å². The monoisotopic (exact) mass is 332 g/mol. The van der Waals surface area contributed by atoms with E-state index in [0.717, 1.165) is 0 Å². The number of carbonyl (C=O) groups is 2. The first kappa shape index (κ1) is 15.6. The molecule has 0 saturated heterocycles. The van der Waals surface area contributed by atoms with Gasteiger partial charge < -0.3 is 9.84 Å². The van der Waals surface area contributed by atoms with Gasteiger partial charge in [0.1, 0.15) is 5.82 Å². The van der Waals surface area contributed by atoms with Crippen LogP contribution >= 0.6 is 15.9 Å². The van der Waals surface area contributed by atoms with E-state index in [4.69, 9.17) is 4.74 Å². The Hall–Kier alpha value is -1.43. The van der Waals surface area contributed by atoms with Gasteiger partial charge in [0.25, 0.3) is 0 Å². The molecule has 1 rings (SSSR count). The first-order valence-electron chi connectivity index (χ1n) is 5.65. The van der Waals surface area contributed by atoms with Crippen LogP contribution in [0, 0.1) is 11.2 Å². The van der Waals surface area contributed by atoms with Crippen molar-refractivity contribution in [3.8, 4) is 0 Å². The molecular formula is C13H14BrFO4. The molecular weight excluding hydrogens is 319 g/mol. The van der Waals surface area contributed by atoms with Gasteiger partial charge in [-0.3, -0.25) is 9.59 Å². The van der Waals surface area contributed by atoms with Crippen LogP contribution in [0.2, 0.25) is 0 Å². The van der Waals surface area contributed by atoms with Crippen LogP contribution in [-0.2, 0) is 20.7 Å². The van der Waals surface area contributed by atoms with Crippen LogP contribution < -0.4 is 0 Å². The number of aliphatic carboxylic acids is 1. The molecule has 0 saturated carbocycles. The third kappa shape index (κ3) is 3.53. The predicted octanol–water partition coefficient (Wildman–Crippen LogP) is 2.78. The van der Waals surface area contributed by atoms with Gasteiger partial charge in [0.2, 0.25) is 0 Å². The fraction of sp³-hybridized carbons (Fsp3) is 0.385. The maximum atomic E-state index is 13.7. The zero-order chi connectivity index (χ0) is 14.6. The van der Waals surface area contributed by atoms with Gasteiger partial charge in [-0.1, -0.05) is 22.0 Å². The summed E-state index contributed by atoms with van der Waals surface area (Å²) in [5.74, 6) is -2.77. The summed E-state index contributed by atoms with van der Waals surface area (Å²) in [7, 11) is 0. The molecule has 0 fully saturated rings. The predicted molar refractivity (Wildman–Crippen MR) is 70.2 cm³/mol. The van der Waals surface area contributed by atoms with Crippen molar-refractivity contribution in [3.63, 3.8) is 0 Å². The lowest BCUT2D eigenvalue weighted by Crippen LogP contribution is -2.40. The third-order valence-corrected chi connectivity index (χ3v) is 3.25. The van der Waals surface area contributed by atoms with E-state index in [1.165, 1.54) is 19.1 Å². The number of carboxylic acid groups (broad SMARTS) is 1. The number of benzene rings is 1. The number of esters is 1. The highest BCUT2D eigenvalue weighted by Crippen LogP contribution is 2.27. The van der Waals surface area contributed by atoms with Gasteiger partial charge in [0.15, 0.2) is 5.41 Å². The number of hydrogen-bond acceptors (Lipinski definition) is 3. The summed E-state index contributed by atoms with van der Waals surface area (Å²) in [6, 6.07) is 4.26. The first-order chi connectivity index (χ1) is 8.81. The fourth-order valence-electron chi connectivity index (χ4n) is 1.57. The zero-order valence-corrected chi connectivity index (χ0v) is 12.2. The second kappa shape index (κ2) is 6.14. The highest BCUT2D eigenvalue weighted by atomic mass is 79.9. The average molecular weight is 333 g/mol. The summed E-state index contributed by atoms with van der Waals surface area (Å²) >= 11 is 3.11. The van der Waals surface area contributed by atoms with Crippen LogP contribution in [0.15, 0.2) is 22.7 Å². The lowest BCUT2D eigenvalue weighted by Gasteiger charge is -2.22. The Labute approximate surface area is 118 Å². The van der Waals surface area contributed by atoms with E-state index in [-0.39, 0.29) is 18.6 Å². The Morgan fingerprint density at radius 1 is 1.47 bits per heavy atom. The summed E-state index contributed by atoms with van der Waals surface area (Å²) in [5, 5.41) is 9.20. The van der Waals surface area contributed by atoms with E-state index >= 15 is 0 Å². The van der Waals surface area contributed by atoms with E-state index in [9.17, 15) is 19.1 Å². The fourth-order valence-corrected chi connectivity index (χ4v) is 1.90. The molecule has 0 heterocycles. The molecule has 0 aliphatic rings. The van der Waals surface area contributed by atoms with Crippen molar-refractivity contribution >= 4 is 27.9 Å². The third-order valence-electron chi connectivity index (χ3n) is 2.76.